The topological polar surface area (TPSA) is 55.6 Å². The molecule has 1 heterocycles. The van der Waals surface area contributed by atoms with Crippen LogP contribution in [0.1, 0.15) is 11.6 Å². The van der Waals surface area contributed by atoms with Gasteiger partial charge in [0.25, 0.3) is 0 Å². The van der Waals surface area contributed by atoms with Crippen LogP contribution in [0, 0.1) is 0 Å². The van der Waals surface area contributed by atoms with Gasteiger partial charge in [0.2, 0.25) is 0 Å². The molecule has 15 heavy (non-hydrogen) atoms. The average molecular weight is 206 g/mol. The minimum absolute atomic E-state index is 0.142. The number of nitrogens with zero attached hydrogens (tertiary/aromatic N) is 1. The lowest BCUT2D eigenvalue weighted by Gasteiger charge is -2.18. The van der Waals surface area contributed by atoms with Crippen LogP contribution in [0.2, 0.25) is 0 Å². The van der Waals surface area contributed by atoms with E-state index in [2.05, 4.69) is 0 Å². The van der Waals surface area contributed by atoms with Crippen molar-refractivity contribution in [2.24, 2.45) is 5.73 Å². The van der Waals surface area contributed by atoms with Crippen LogP contribution in [0.5, 0.6) is 0 Å². The highest BCUT2D eigenvalue weighted by Gasteiger charge is 2.23. The van der Waals surface area contributed by atoms with Crippen molar-refractivity contribution in [2.45, 2.75) is 6.04 Å². The Morgan fingerprint density at radius 2 is 2.13 bits per heavy atom. The van der Waals surface area contributed by atoms with Gasteiger partial charge in [-0.25, -0.2) is 4.79 Å². The van der Waals surface area contributed by atoms with E-state index in [9.17, 15) is 4.79 Å². The first-order valence-electron chi connectivity index (χ1n) is 4.99. The molecule has 1 aromatic carbocycles. The van der Waals surface area contributed by atoms with Crippen LogP contribution in [-0.2, 0) is 4.74 Å². The molecule has 4 nitrogen and oxygen atoms in total. The Balaban J connectivity index is 1.98. The van der Waals surface area contributed by atoms with Gasteiger partial charge in [0.15, 0.2) is 0 Å². The zero-order chi connectivity index (χ0) is 10.7. The van der Waals surface area contributed by atoms with Crippen LogP contribution in [-0.4, -0.2) is 30.7 Å². The predicted octanol–water partition coefficient (Wildman–Crippen LogP) is 1.14. The van der Waals surface area contributed by atoms with E-state index >= 15 is 0 Å². The van der Waals surface area contributed by atoms with Crippen LogP contribution in [0.25, 0.3) is 0 Å². The van der Waals surface area contributed by atoms with Gasteiger partial charge in [-0.05, 0) is 5.56 Å². The van der Waals surface area contributed by atoms with E-state index in [-0.39, 0.29) is 12.1 Å². The van der Waals surface area contributed by atoms with Crippen molar-refractivity contribution < 1.29 is 9.53 Å². The van der Waals surface area contributed by atoms with Gasteiger partial charge in [-0.2, -0.15) is 0 Å². The second kappa shape index (κ2) is 4.31. The molecule has 1 fully saturated rings. The van der Waals surface area contributed by atoms with Crippen molar-refractivity contribution in [3.63, 3.8) is 0 Å². The molecule has 80 valence electrons. The maximum Gasteiger partial charge on any atom is 0.410 e. The lowest BCUT2D eigenvalue weighted by atomic mass is 10.1. The van der Waals surface area contributed by atoms with Gasteiger partial charge in [-0.1, -0.05) is 30.3 Å². The van der Waals surface area contributed by atoms with E-state index < -0.39 is 0 Å². The van der Waals surface area contributed by atoms with Gasteiger partial charge in [-0.15, -0.1) is 0 Å². The summed E-state index contributed by atoms with van der Waals surface area (Å²) in [5.41, 5.74) is 7.03. The third-order valence-electron chi connectivity index (χ3n) is 2.49. The summed E-state index contributed by atoms with van der Waals surface area (Å²) in [6.45, 7) is 1.63. The Morgan fingerprint density at radius 3 is 2.73 bits per heavy atom. The summed E-state index contributed by atoms with van der Waals surface area (Å²) < 4.78 is 4.83. The van der Waals surface area contributed by atoms with Crippen LogP contribution in [0.4, 0.5) is 4.79 Å². The van der Waals surface area contributed by atoms with Crippen LogP contribution in [0.15, 0.2) is 30.3 Å². The molecule has 1 atom stereocenters. The summed E-state index contributed by atoms with van der Waals surface area (Å²) in [6.07, 6.45) is -0.263. The molecule has 1 aliphatic heterocycles. The molecule has 2 rings (SSSR count). The molecule has 0 bridgehead atoms. The molecule has 0 aliphatic carbocycles. The molecule has 1 aliphatic rings. The Morgan fingerprint density at radius 1 is 1.40 bits per heavy atom. The van der Waals surface area contributed by atoms with Crippen LogP contribution >= 0.6 is 0 Å². The van der Waals surface area contributed by atoms with Crippen molar-refractivity contribution in [1.82, 2.24) is 4.90 Å². The van der Waals surface area contributed by atoms with Gasteiger partial charge < -0.3 is 15.4 Å². The Kier molecular flexibility index (Phi) is 2.87. The summed E-state index contributed by atoms with van der Waals surface area (Å²) in [4.78, 5) is 12.8. The normalized spacial score (nSPS) is 17.7. The first-order chi connectivity index (χ1) is 7.27. The van der Waals surface area contributed by atoms with E-state index in [1.54, 1.807) is 4.90 Å². The Bertz CT molecular complexity index is 340. The number of nitrogens with two attached hydrogens (primary N) is 1. The fourth-order valence-corrected chi connectivity index (χ4v) is 1.63. The third kappa shape index (κ3) is 2.27. The number of amides is 1. The Labute approximate surface area is 88.6 Å². The van der Waals surface area contributed by atoms with E-state index in [4.69, 9.17) is 10.5 Å². The average Bonchev–Trinajstić information content (AvgIpc) is 2.66. The number of hydrogen-bond donors (Lipinski definition) is 1. The van der Waals surface area contributed by atoms with Crippen LogP contribution < -0.4 is 5.73 Å². The van der Waals surface area contributed by atoms with E-state index in [0.29, 0.717) is 19.7 Å². The number of ether oxygens (including phenoxy) is 1. The SMILES string of the molecule is NC(CN1CCOC1=O)c1ccccc1. The van der Waals surface area contributed by atoms with Crippen molar-refractivity contribution in [1.29, 1.82) is 0 Å². The zero-order valence-electron chi connectivity index (χ0n) is 8.43. The second-order valence-corrected chi connectivity index (χ2v) is 3.58. The van der Waals surface area contributed by atoms with Crippen molar-refractivity contribution in [3.8, 4) is 0 Å². The van der Waals surface area contributed by atoms with Gasteiger partial charge in [0.05, 0.1) is 6.54 Å². The van der Waals surface area contributed by atoms with Crippen molar-refractivity contribution >= 4 is 6.09 Å². The van der Waals surface area contributed by atoms with Gasteiger partial charge in [0.1, 0.15) is 6.61 Å². The number of cyclic esters (lactones) is 1. The molecule has 1 amide bonds. The van der Waals surface area contributed by atoms with Gasteiger partial charge in [-0.3, -0.25) is 0 Å². The van der Waals surface area contributed by atoms with Gasteiger partial charge >= 0.3 is 6.09 Å². The smallest absolute Gasteiger partial charge is 0.410 e. The first kappa shape index (κ1) is 9.98. The lowest BCUT2D eigenvalue weighted by Crippen LogP contribution is -2.32. The first-order valence-corrected chi connectivity index (χ1v) is 4.99. The van der Waals surface area contributed by atoms with Crippen LogP contribution in [0.3, 0.4) is 0 Å². The molecule has 1 unspecified atom stereocenters. The third-order valence-corrected chi connectivity index (χ3v) is 2.49. The summed E-state index contributed by atoms with van der Waals surface area (Å²) in [5.74, 6) is 0. The molecule has 4 heteroatoms. The lowest BCUT2D eigenvalue weighted by molar-refractivity contribution is 0.157. The summed E-state index contributed by atoms with van der Waals surface area (Å²) >= 11 is 0. The van der Waals surface area contributed by atoms with Crippen molar-refractivity contribution in [2.75, 3.05) is 19.7 Å². The van der Waals surface area contributed by atoms with Crippen molar-refractivity contribution in [3.05, 3.63) is 35.9 Å². The highest BCUT2D eigenvalue weighted by atomic mass is 16.6. The number of benzene rings is 1. The second-order valence-electron chi connectivity index (χ2n) is 3.58. The molecule has 2 N–H and O–H groups in total. The summed E-state index contributed by atoms with van der Waals surface area (Å²) in [5, 5.41) is 0. The highest BCUT2D eigenvalue weighted by molar-refractivity contribution is 5.69. The summed E-state index contributed by atoms with van der Waals surface area (Å²) in [6, 6.07) is 9.62. The summed E-state index contributed by atoms with van der Waals surface area (Å²) in [7, 11) is 0. The maximum atomic E-state index is 11.2. The quantitative estimate of drug-likeness (QED) is 0.806. The molecule has 0 saturated carbocycles. The fourth-order valence-electron chi connectivity index (χ4n) is 1.63. The predicted molar refractivity (Wildman–Crippen MR) is 56.3 cm³/mol. The van der Waals surface area contributed by atoms with E-state index in [1.165, 1.54) is 0 Å². The largest absolute Gasteiger partial charge is 0.448 e. The molecular weight excluding hydrogens is 192 g/mol. The number of rotatable bonds is 3. The minimum atomic E-state index is -0.263. The molecule has 0 aromatic heterocycles. The van der Waals surface area contributed by atoms with Gasteiger partial charge in [0, 0.05) is 12.6 Å². The highest BCUT2D eigenvalue weighted by Crippen LogP contribution is 2.13. The number of hydrogen-bond acceptors (Lipinski definition) is 3. The van der Waals surface area contributed by atoms with E-state index in [0.717, 1.165) is 5.56 Å². The monoisotopic (exact) mass is 206 g/mol. The zero-order valence-corrected chi connectivity index (χ0v) is 8.43. The van der Waals surface area contributed by atoms with E-state index in [1.807, 2.05) is 30.3 Å². The molecule has 1 saturated heterocycles. The Hall–Kier alpha value is -1.55. The fraction of sp³-hybridized carbons (Fsp3) is 0.364. The standard InChI is InChI=1S/C11H14N2O2/c12-10(9-4-2-1-3-5-9)8-13-6-7-15-11(13)14/h1-5,10H,6-8,12H2. The molecule has 0 radical (unpaired) electrons. The number of carbonyl (C=O) groups is 1. The minimum Gasteiger partial charge on any atom is -0.448 e. The number of carbonyl (C=O) groups excluding carboxylic acids is 1. The molecule has 1 aromatic rings. The molecular formula is C11H14N2O2. The molecule has 0 spiro atoms. The maximum absolute atomic E-state index is 11.2.